The first kappa shape index (κ1) is 20.9. The number of aliphatic imine (C=N–C) groups is 1. The highest BCUT2D eigenvalue weighted by Gasteiger charge is 2.42. The fraction of sp³-hybridized carbons (Fsp3) is 0.938. The van der Waals surface area contributed by atoms with Gasteiger partial charge in [0.2, 0.25) is 0 Å². The predicted molar refractivity (Wildman–Crippen MR) is 105 cm³/mol. The van der Waals surface area contributed by atoms with Crippen molar-refractivity contribution in [2.75, 3.05) is 73.2 Å². The van der Waals surface area contributed by atoms with Gasteiger partial charge in [-0.05, 0) is 26.8 Å². The van der Waals surface area contributed by atoms with E-state index in [0.717, 1.165) is 65.0 Å². The molecule has 0 radical (unpaired) electrons. The molecule has 0 amide bonds. The number of hydrogen-bond acceptors (Lipinski definition) is 4. The van der Waals surface area contributed by atoms with E-state index < -0.39 is 0 Å². The van der Waals surface area contributed by atoms with Gasteiger partial charge in [0.15, 0.2) is 5.96 Å². The standard InChI is InChI=1S/C16H32N4O2.HI/c1-4-17-15(18-7-9-19(2)10-12-21-3)20-8-5-16(13-20)6-11-22-14-16;/h4-14H2,1-3H3,(H,17,18);1H. The van der Waals surface area contributed by atoms with E-state index in [-0.39, 0.29) is 24.0 Å². The van der Waals surface area contributed by atoms with E-state index in [1.165, 1.54) is 12.8 Å². The second-order valence-electron chi connectivity index (χ2n) is 6.51. The van der Waals surface area contributed by atoms with Crippen LogP contribution in [-0.4, -0.2) is 89.0 Å². The highest BCUT2D eigenvalue weighted by atomic mass is 127. The van der Waals surface area contributed by atoms with Crippen molar-refractivity contribution in [2.24, 2.45) is 10.4 Å². The molecule has 2 rings (SSSR count). The van der Waals surface area contributed by atoms with Gasteiger partial charge in [0.25, 0.3) is 0 Å². The summed E-state index contributed by atoms with van der Waals surface area (Å²) in [6.07, 6.45) is 2.42. The molecule has 2 saturated heterocycles. The Morgan fingerprint density at radius 2 is 2.22 bits per heavy atom. The number of methoxy groups -OCH3 is 1. The van der Waals surface area contributed by atoms with Crippen LogP contribution in [0.25, 0.3) is 0 Å². The molecule has 0 aromatic carbocycles. The van der Waals surface area contributed by atoms with Gasteiger partial charge in [0.05, 0.1) is 19.8 Å². The number of likely N-dealkylation sites (N-methyl/N-ethyl adjacent to an activating group) is 1. The molecule has 2 fully saturated rings. The molecule has 136 valence electrons. The van der Waals surface area contributed by atoms with Crippen LogP contribution >= 0.6 is 24.0 Å². The molecule has 1 unspecified atom stereocenters. The van der Waals surface area contributed by atoms with Crippen molar-refractivity contribution in [1.29, 1.82) is 0 Å². The van der Waals surface area contributed by atoms with Crippen LogP contribution in [0, 0.1) is 5.41 Å². The number of nitrogens with zero attached hydrogens (tertiary/aromatic N) is 3. The van der Waals surface area contributed by atoms with Crippen LogP contribution in [-0.2, 0) is 9.47 Å². The van der Waals surface area contributed by atoms with Gasteiger partial charge in [0, 0.05) is 51.9 Å². The van der Waals surface area contributed by atoms with Gasteiger partial charge in [-0.3, -0.25) is 4.99 Å². The van der Waals surface area contributed by atoms with E-state index in [4.69, 9.17) is 14.5 Å². The second kappa shape index (κ2) is 10.7. The van der Waals surface area contributed by atoms with Crippen LogP contribution in [0.15, 0.2) is 4.99 Å². The molecule has 2 heterocycles. The molecule has 2 aliphatic heterocycles. The summed E-state index contributed by atoms with van der Waals surface area (Å²) in [5.41, 5.74) is 0.380. The van der Waals surface area contributed by atoms with Gasteiger partial charge in [-0.2, -0.15) is 0 Å². The van der Waals surface area contributed by atoms with Crippen LogP contribution in [0.1, 0.15) is 19.8 Å². The number of ether oxygens (including phenoxy) is 2. The molecule has 0 aliphatic carbocycles. The Balaban J connectivity index is 0.00000264. The van der Waals surface area contributed by atoms with Gasteiger partial charge < -0.3 is 24.6 Å². The van der Waals surface area contributed by atoms with E-state index in [1.54, 1.807) is 7.11 Å². The van der Waals surface area contributed by atoms with Crippen molar-refractivity contribution < 1.29 is 9.47 Å². The van der Waals surface area contributed by atoms with Crippen molar-refractivity contribution >= 4 is 29.9 Å². The number of halogens is 1. The molecule has 0 saturated carbocycles. The van der Waals surface area contributed by atoms with Crippen LogP contribution in [0.3, 0.4) is 0 Å². The Hall–Kier alpha value is -0.120. The lowest BCUT2D eigenvalue weighted by Crippen LogP contribution is -2.42. The molecule has 2 aliphatic rings. The first-order chi connectivity index (χ1) is 10.7. The lowest BCUT2D eigenvalue weighted by Gasteiger charge is -2.25. The average molecular weight is 440 g/mol. The van der Waals surface area contributed by atoms with Crippen molar-refractivity contribution in [2.45, 2.75) is 19.8 Å². The number of nitrogens with one attached hydrogen (secondary N) is 1. The van der Waals surface area contributed by atoms with E-state index >= 15 is 0 Å². The van der Waals surface area contributed by atoms with Gasteiger partial charge in [-0.1, -0.05) is 0 Å². The summed E-state index contributed by atoms with van der Waals surface area (Å²) in [6.45, 7) is 10.6. The Kier molecular flexibility index (Phi) is 9.72. The minimum atomic E-state index is 0. The van der Waals surface area contributed by atoms with Gasteiger partial charge in [0.1, 0.15) is 0 Å². The Morgan fingerprint density at radius 1 is 1.39 bits per heavy atom. The van der Waals surface area contributed by atoms with Crippen LogP contribution in [0.4, 0.5) is 0 Å². The van der Waals surface area contributed by atoms with Crippen molar-refractivity contribution in [3.8, 4) is 0 Å². The zero-order chi connectivity index (χ0) is 15.8. The largest absolute Gasteiger partial charge is 0.383 e. The maximum Gasteiger partial charge on any atom is 0.193 e. The van der Waals surface area contributed by atoms with Crippen molar-refractivity contribution in [3.05, 3.63) is 0 Å². The van der Waals surface area contributed by atoms with E-state index in [2.05, 4.69) is 29.1 Å². The minimum absolute atomic E-state index is 0. The molecule has 6 nitrogen and oxygen atoms in total. The van der Waals surface area contributed by atoms with Crippen molar-refractivity contribution in [1.82, 2.24) is 15.1 Å². The average Bonchev–Trinajstić information content (AvgIpc) is 3.15. The topological polar surface area (TPSA) is 49.3 Å². The molecule has 1 spiro atoms. The molecular weight excluding hydrogens is 407 g/mol. The monoisotopic (exact) mass is 440 g/mol. The molecule has 23 heavy (non-hydrogen) atoms. The van der Waals surface area contributed by atoms with Crippen LogP contribution < -0.4 is 5.32 Å². The van der Waals surface area contributed by atoms with Gasteiger partial charge in [-0.25, -0.2) is 0 Å². The molecule has 0 aromatic rings. The third-order valence-corrected chi connectivity index (χ3v) is 4.68. The third kappa shape index (κ3) is 6.36. The number of guanidine groups is 1. The third-order valence-electron chi connectivity index (χ3n) is 4.68. The Bertz CT molecular complexity index is 362. The number of likely N-dealkylation sites (tertiary alicyclic amines) is 1. The van der Waals surface area contributed by atoms with E-state index in [0.29, 0.717) is 5.41 Å². The first-order valence-electron chi connectivity index (χ1n) is 8.47. The lowest BCUT2D eigenvalue weighted by atomic mass is 9.87. The molecule has 0 bridgehead atoms. The van der Waals surface area contributed by atoms with Crippen LogP contribution in [0.2, 0.25) is 0 Å². The molecular formula is C16H33IN4O2. The number of rotatable bonds is 7. The normalized spacial score (nSPS) is 24.5. The summed E-state index contributed by atoms with van der Waals surface area (Å²) in [4.78, 5) is 9.47. The van der Waals surface area contributed by atoms with Gasteiger partial charge in [-0.15, -0.1) is 24.0 Å². The van der Waals surface area contributed by atoms with Crippen LogP contribution in [0.5, 0.6) is 0 Å². The van der Waals surface area contributed by atoms with E-state index in [9.17, 15) is 0 Å². The maximum absolute atomic E-state index is 5.61. The lowest BCUT2D eigenvalue weighted by molar-refractivity contribution is 0.156. The van der Waals surface area contributed by atoms with Crippen molar-refractivity contribution in [3.63, 3.8) is 0 Å². The molecule has 1 N–H and O–H groups in total. The SMILES string of the molecule is CCNC(=NCCN(C)CCOC)N1CCC2(CCOC2)C1.I. The quantitative estimate of drug-likeness (QED) is 0.367. The Morgan fingerprint density at radius 3 is 2.87 bits per heavy atom. The maximum atomic E-state index is 5.61. The smallest absolute Gasteiger partial charge is 0.193 e. The molecule has 1 atom stereocenters. The summed E-state index contributed by atoms with van der Waals surface area (Å²) in [5, 5.41) is 3.44. The summed E-state index contributed by atoms with van der Waals surface area (Å²) >= 11 is 0. The molecule has 0 aromatic heterocycles. The van der Waals surface area contributed by atoms with Gasteiger partial charge >= 0.3 is 0 Å². The predicted octanol–water partition coefficient (Wildman–Crippen LogP) is 1.26. The summed E-state index contributed by atoms with van der Waals surface area (Å²) < 4.78 is 10.7. The molecule has 7 heteroatoms. The highest BCUT2D eigenvalue weighted by Crippen LogP contribution is 2.38. The summed E-state index contributed by atoms with van der Waals surface area (Å²) in [6, 6.07) is 0. The highest BCUT2D eigenvalue weighted by molar-refractivity contribution is 14.0. The summed E-state index contributed by atoms with van der Waals surface area (Å²) in [5.74, 6) is 1.06. The fourth-order valence-electron chi connectivity index (χ4n) is 3.20. The zero-order valence-corrected chi connectivity index (χ0v) is 17.2. The van der Waals surface area contributed by atoms with E-state index in [1.807, 2.05) is 0 Å². The number of hydrogen-bond donors (Lipinski definition) is 1. The first-order valence-corrected chi connectivity index (χ1v) is 8.47. The zero-order valence-electron chi connectivity index (χ0n) is 14.8. The second-order valence-corrected chi connectivity index (χ2v) is 6.51. The Labute approximate surface area is 158 Å². The summed E-state index contributed by atoms with van der Waals surface area (Å²) in [7, 11) is 3.85. The minimum Gasteiger partial charge on any atom is -0.383 e. The fourth-order valence-corrected chi connectivity index (χ4v) is 3.20.